The van der Waals surface area contributed by atoms with Crippen molar-refractivity contribution in [1.82, 2.24) is 15.4 Å². The van der Waals surface area contributed by atoms with Gasteiger partial charge in [-0.15, -0.1) is 0 Å². The number of nitrogens with one attached hydrogen (secondary N) is 1. The van der Waals surface area contributed by atoms with Crippen LogP contribution in [0.4, 0.5) is 0 Å². The van der Waals surface area contributed by atoms with E-state index in [9.17, 15) is 9.59 Å². The number of likely N-dealkylation sites (tertiary alicyclic amines) is 1. The van der Waals surface area contributed by atoms with Crippen LogP contribution in [-0.4, -0.2) is 47.5 Å². The van der Waals surface area contributed by atoms with Crippen molar-refractivity contribution in [2.75, 3.05) is 19.6 Å². The van der Waals surface area contributed by atoms with E-state index in [0.29, 0.717) is 24.7 Å². The molecule has 1 aliphatic heterocycles. The molecule has 2 aliphatic rings. The number of carbonyl (C=O) groups is 2. The highest BCUT2D eigenvalue weighted by molar-refractivity contribution is 5.92. The molecule has 0 unspecified atom stereocenters. The van der Waals surface area contributed by atoms with Crippen molar-refractivity contribution in [2.45, 2.75) is 31.7 Å². The van der Waals surface area contributed by atoms with Gasteiger partial charge in [0.1, 0.15) is 5.76 Å². The first-order valence-electron chi connectivity index (χ1n) is 7.33. The average Bonchev–Trinajstić information content (AvgIpc) is 3.09. The number of carbonyl (C=O) groups excluding carboxylic acids is 2. The molecule has 1 saturated heterocycles. The van der Waals surface area contributed by atoms with Gasteiger partial charge in [0, 0.05) is 25.1 Å². The Bertz CT molecular complexity index is 552. The molecular formula is C14H20N4O3. The van der Waals surface area contributed by atoms with Crippen LogP contribution < -0.4 is 11.1 Å². The van der Waals surface area contributed by atoms with Crippen LogP contribution in [-0.2, 0) is 4.79 Å². The second kappa shape index (κ2) is 5.48. The van der Waals surface area contributed by atoms with Gasteiger partial charge >= 0.3 is 0 Å². The fraction of sp³-hybridized carbons (Fsp3) is 0.643. The highest BCUT2D eigenvalue weighted by Gasteiger charge is 2.34. The van der Waals surface area contributed by atoms with Crippen LogP contribution in [0.1, 0.15) is 41.9 Å². The largest absolute Gasteiger partial charge is 0.360 e. The molecular weight excluding hydrogens is 272 g/mol. The summed E-state index contributed by atoms with van der Waals surface area (Å²) in [5.41, 5.74) is 5.68. The van der Waals surface area contributed by atoms with E-state index in [-0.39, 0.29) is 30.3 Å². The minimum Gasteiger partial charge on any atom is -0.360 e. The van der Waals surface area contributed by atoms with Gasteiger partial charge in [0.25, 0.3) is 5.91 Å². The Labute approximate surface area is 122 Å². The molecule has 21 heavy (non-hydrogen) atoms. The first kappa shape index (κ1) is 14.1. The molecule has 2 heterocycles. The van der Waals surface area contributed by atoms with Crippen molar-refractivity contribution in [3.05, 3.63) is 17.5 Å². The molecule has 3 N–H and O–H groups in total. The zero-order valence-corrected chi connectivity index (χ0v) is 12.0. The number of rotatable bonds is 4. The van der Waals surface area contributed by atoms with E-state index < -0.39 is 0 Å². The van der Waals surface area contributed by atoms with Gasteiger partial charge in [-0.05, 0) is 18.8 Å². The van der Waals surface area contributed by atoms with Crippen LogP contribution in [0.15, 0.2) is 10.6 Å². The summed E-state index contributed by atoms with van der Waals surface area (Å²) in [6, 6.07) is 1.64. The molecule has 2 fully saturated rings. The third kappa shape index (κ3) is 2.92. The number of hydrogen-bond donors (Lipinski definition) is 2. The van der Waals surface area contributed by atoms with Gasteiger partial charge in [-0.25, -0.2) is 0 Å². The summed E-state index contributed by atoms with van der Waals surface area (Å²) in [4.78, 5) is 25.5. The van der Waals surface area contributed by atoms with E-state index >= 15 is 0 Å². The molecule has 3 rings (SSSR count). The maximum Gasteiger partial charge on any atom is 0.273 e. The van der Waals surface area contributed by atoms with Crippen molar-refractivity contribution in [3.8, 4) is 0 Å². The zero-order chi connectivity index (χ0) is 15.0. The van der Waals surface area contributed by atoms with Crippen LogP contribution in [0.2, 0.25) is 0 Å². The highest BCUT2D eigenvalue weighted by Crippen LogP contribution is 2.40. The van der Waals surface area contributed by atoms with Crippen LogP contribution in [0.5, 0.6) is 0 Å². The highest BCUT2D eigenvalue weighted by atomic mass is 16.5. The number of amides is 2. The van der Waals surface area contributed by atoms with Gasteiger partial charge in [-0.3, -0.25) is 9.59 Å². The Morgan fingerprint density at radius 3 is 2.90 bits per heavy atom. The maximum atomic E-state index is 12.2. The Morgan fingerprint density at radius 1 is 1.48 bits per heavy atom. The predicted octanol–water partition coefficient (Wildman–Crippen LogP) is 0.0874. The molecule has 0 bridgehead atoms. The molecule has 0 aromatic carbocycles. The summed E-state index contributed by atoms with van der Waals surface area (Å²) >= 11 is 0. The van der Waals surface area contributed by atoms with E-state index in [4.69, 9.17) is 10.3 Å². The summed E-state index contributed by atoms with van der Waals surface area (Å²) in [6.45, 7) is 3.12. The standard InChI is InChI=1S/C14H20N4O3/c1-8-6-18(13(19)5-15)7-11(8)16-14(20)10-4-12(21-17-10)9-2-3-9/h4,8-9,11H,2-3,5-7,15H2,1H3,(H,16,20)/t8-,11-/m0/s1. The van der Waals surface area contributed by atoms with Gasteiger partial charge in [0.2, 0.25) is 5.91 Å². The van der Waals surface area contributed by atoms with Crippen molar-refractivity contribution in [3.63, 3.8) is 0 Å². The molecule has 7 heteroatoms. The van der Waals surface area contributed by atoms with Crippen LogP contribution in [0, 0.1) is 5.92 Å². The summed E-state index contributed by atoms with van der Waals surface area (Å²) in [7, 11) is 0. The van der Waals surface area contributed by atoms with Crippen molar-refractivity contribution >= 4 is 11.8 Å². The molecule has 0 spiro atoms. The Hall–Kier alpha value is -1.89. The predicted molar refractivity (Wildman–Crippen MR) is 74.5 cm³/mol. The molecule has 7 nitrogen and oxygen atoms in total. The van der Waals surface area contributed by atoms with Gasteiger partial charge in [-0.1, -0.05) is 12.1 Å². The Kier molecular flexibility index (Phi) is 3.67. The normalized spacial score (nSPS) is 25.1. The quantitative estimate of drug-likeness (QED) is 0.819. The zero-order valence-electron chi connectivity index (χ0n) is 12.0. The smallest absolute Gasteiger partial charge is 0.273 e. The number of nitrogens with two attached hydrogens (primary N) is 1. The topological polar surface area (TPSA) is 101 Å². The van der Waals surface area contributed by atoms with E-state index in [0.717, 1.165) is 18.6 Å². The van der Waals surface area contributed by atoms with E-state index in [1.54, 1.807) is 11.0 Å². The van der Waals surface area contributed by atoms with Crippen LogP contribution in [0.3, 0.4) is 0 Å². The minimum atomic E-state index is -0.246. The number of nitrogens with zero attached hydrogens (tertiary/aromatic N) is 2. The third-order valence-electron chi connectivity index (χ3n) is 4.20. The monoisotopic (exact) mass is 292 g/mol. The molecule has 2 amide bonds. The van der Waals surface area contributed by atoms with E-state index in [1.165, 1.54) is 0 Å². The van der Waals surface area contributed by atoms with Crippen molar-refractivity contribution in [2.24, 2.45) is 11.7 Å². The lowest BCUT2D eigenvalue weighted by atomic mass is 10.1. The van der Waals surface area contributed by atoms with E-state index in [1.807, 2.05) is 6.92 Å². The lowest BCUT2D eigenvalue weighted by Gasteiger charge is -2.16. The van der Waals surface area contributed by atoms with Crippen molar-refractivity contribution < 1.29 is 14.1 Å². The maximum absolute atomic E-state index is 12.2. The fourth-order valence-electron chi connectivity index (χ4n) is 2.69. The molecule has 2 atom stereocenters. The fourth-order valence-corrected chi connectivity index (χ4v) is 2.69. The summed E-state index contributed by atoms with van der Waals surface area (Å²) < 4.78 is 5.19. The Morgan fingerprint density at radius 2 is 2.24 bits per heavy atom. The van der Waals surface area contributed by atoms with Gasteiger partial charge in [0.15, 0.2) is 5.69 Å². The minimum absolute atomic E-state index is 0.00141. The molecule has 1 aliphatic carbocycles. The Balaban J connectivity index is 1.60. The number of hydrogen-bond acceptors (Lipinski definition) is 5. The van der Waals surface area contributed by atoms with E-state index in [2.05, 4.69) is 10.5 Å². The lowest BCUT2D eigenvalue weighted by Crippen LogP contribution is -2.41. The molecule has 1 aromatic heterocycles. The summed E-state index contributed by atoms with van der Waals surface area (Å²) in [6.07, 6.45) is 2.21. The van der Waals surface area contributed by atoms with Crippen LogP contribution in [0.25, 0.3) is 0 Å². The first-order chi connectivity index (χ1) is 10.1. The number of aromatic nitrogens is 1. The first-order valence-corrected chi connectivity index (χ1v) is 7.33. The molecule has 1 aromatic rings. The second-order valence-corrected chi connectivity index (χ2v) is 5.95. The van der Waals surface area contributed by atoms with Gasteiger partial charge < -0.3 is 20.5 Å². The third-order valence-corrected chi connectivity index (χ3v) is 4.20. The van der Waals surface area contributed by atoms with Gasteiger partial charge in [-0.2, -0.15) is 0 Å². The van der Waals surface area contributed by atoms with Gasteiger partial charge in [0.05, 0.1) is 12.6 Å². The average molecular weight is 292 g/mol. The molecule has 1 saturated carbocycles. The molecule has 0 radical (unpaired) electrons. The summed E-state index contributed by atoms with van der Waals surface area (Å²) in [5, 5.41) is 6.76. The van der Waals surface area contributed by atoms with Crippen molar-refractivity contribution in [1.29, 1.82) is 0 Å². The summed E-state index contributed by atoms with van der Waals surface area (Å²) in [5.74, 6) is 1.08. The lowest BCUT2D eigenvalue weighted by molar-refractivity contribution is -0.128. The second-order valence-electron chi connectivity index (χ2n) is 5.95. The van der Waals surface area contributed by atoms with Crippen LogP contribution >= 0.6 is 0 Å². The SMILES string of the molecule is C[C@H]1CN(C(=O)CN)C[C@@H]1NC(=O)c1cc(C2CC2)on1. The molecule has 114 valence electrons.